The molecule has 3 rings (SSSR count). The summed E-state index contributed by atoms with van der Waals surface area (Å²) in [5, 5.41) is 10.9. The molecule has 2 heterocycles. The Kier molecular flexibility index (Phi) is 5.11. The van der Waals surface area contributed by atoms with Gasteiger partial charge in [0, 0.05) is 30.9 Å². The molecule has 134 valence electrons. The number of carbonyl (C=O) groups is 1. The molecule has 6 nitrogen and oxygen atoms in total. The van der Waals surface area contributed by atoms with Crippen molar-refractivity contribution in [2.24, 2.45) is 0 Å². The van der Waals surface area contributed by atoms with Crippen LogP contribution in [-0.2, 0) is 11.8 Å². The van der Waals surface area contributed by atoms with Gasteiger partial charge in [-0.1, -0.05) is 32.9 Å². The Bertz CT molecular complexity index is 865. The monoisotopic (exact) mass is 350 g/mol. The minimum absolute atomic E-state index is 0.0684. The predicted molar refractivity (Wildman–Crippen MR) is 98.7 cm³/mol. The number of pyridine rings is 1. The van der Waals surface area contributed by atoms with E-state index >= 15 is 0 Å². The average Bonchev–Trinajstić information content (AvgIpc) is 3.11. The molecular formula is C20H22N4O2. The molecule has 3 aromatic rings. The highest BCUT2D eigenvalue weighted by atomic mass is 16.4. The average molecular weight is 350 g/mol. The van der Waals surface area contributed by atoms with Crippen LogP contribution in [0.5, 0.6) is 0 Å². The Labute approximate surface area is 152 Å². The fraction of sp³-hybridized carbons (Fsp3) is 0.300. The maximum absolute atomic E-state index is 12.2. The first-order chi connectivity index (χ1) is 12.4. The second-order valence-corrected chi connectivity index (χ2v) is 7.08. The van der Waals surface area contributed by atoms with Gasteiger partial charge in [0.1, 0.15) is 0 Å². The summed E-state index contributed by atoms with van der Waals surface area (Å²) in [5.41, 5.74) is 2.68. The minimum atomic E-state index is -0.113. The Morgan fingerprint density at radius 3 is 2.54 bits per heavy atom. The van der Waals surface area contributed by atoms with Gasteiger partial charge in [-0.05, 0) is 35.2 Å². The van der Waals surface area contributed by atoms with Crippen LogP contribution in [0.4, 0.5) is 0 Å². The van der Waals surface area contributed by atoms with E-state index in [-0.39, 0.29) is 11.3 Å². The summed E-state index contributed by atoms with van der Waals surface area (Å²) in [4.78, 5) is 16.3. The number of rotatable bonds is 5. The number of amides is 1. The summed E-state index contributed by atoms with van der Waals surface area (Å²) < 4.78 is 5.60. The van der Waals surface area contributed by atoms with Crippen LogP contribution in [0, 0.1) is 0 Å². The van der Waals surface area contributed by atoms with Crippen LogP contribution >= 0.6 is 0 Å². The molecule has 2 aromatic heterocycles. The highest BCUT2D eigenvalue weighted by Gasteiger charge is 2.14. The maximum Gasteiger partial charge on any atom is 0.251 e. The number of nitrogens with zero attached hydrogens (tertiary/aromatic N) is 3. The first kappa shape index (κ1) is 17.8. The third-order valence-electron chi connectivity index (χ3n) is 4.01. The molecular weight excluding hydrogens is 328 g/mol. The molecule has 1 amide bonds. The zero-order valence-corrected chi connectivity index (χ0v) is 15.2. The summed E-state index contributed by atoms with van der Waals surface area (Å²) in [7, 11) is 0. The normalized spacial score (nSPS) is 11.3. The molecule has 0 radical (unpaired) electrons. The first-order valence-electron chi connectivity index (χ1n) is 8.55. The van der Waals surface area contributed by atoms with Crippen LogP contribution in [0.25, 0.3) is 11.5 Å². The second-order valence-electron chi connectivity index (χ2n) is 7.08. The SMILES string of the molecule is CC(C)(C)c1ccc(C(=O)NCCc2nnc(-c3cccnc3)o2)cc1. The van der Waals surface area contributed by atoms with Crippen molar-refractivity contribution in [1.29, 1.82) is 0 Å². The third-order valence-corrected chi connectivity index (χ3v) is 4.01. The fourth-order valence-electron chi connectivity index (χ4n) is 2.47. The first-order valence-corrected chi connectivity index (χ1v) is 8.55. The topological polar surface area (TPSA) is 80.9 Å². The van der Waals surface area contributed by atoms with Crippen molar-refractivity contribution in [3.05, 3.63) is 65.8 Å². The van der Waals surface area contributed by atoms with Gasteiger partial charge in [-0.15, -0.1) is 10.2 Å². The van der Waals surface area contributed by atoms with E-state index < -0.39 is 0 Å². The third kappa shape index (κ3) is 4.33. The number of hydrogen-bond donors (Lipinski definition) is 1. The number of hydrogen-bond acceptors (Lipinski definition) is 5. The van der Waals surface area contributed by atoms with Crippen molar-refractivity contribution in [2.45, 2.75) is 32.6 Å². The quantitative estimate of drug-likeness (QED) is 0.763. The molecule has 0 aliphatic heterocycles. The van der Waals surface area contributed by atoms with E-state index in [1.54, 1.807) is 12.4 Å². The smallest absolute Gasteiger partial charge is 0.251 e. The summed E-state index contributed by atoms with van der Waals surface area (Å²) in [6.45, 7) is 6.86. The van der Waals surface area contributed by atoms with Gasteiger partial charge < -0.3 is 9.73 Å². The van der Waals surface area contributed by atoms with E-state index in [1.165, 1.54) is 5.56 Å². The molecule has 1 N–H and O–H groups in total. The van der Waals surface area contributed by atoms with E-state index in [0.717, 1.165) is 5.56 Å². The van der Waals surface area contributed by atoms with Gasteiger partial charge >= 0.3 is 0 Å². The van der Waals surface area contributed by atoms with Crippen LogP contribution in [0.15, 0.2) is 53.2 Å². The summed E-state index contributed by atoms with van der Waals surface area (Å²) in [5.74, 6) is 0.793. The summed E-state index contributed by atoms with van der Waals surface area (Å²) in [6.07, 6.45) is 3.82. The molecule has 0 saturated heterocycles. The lowest BCUT2D eigenvalue weighted by atomic mass is 9.87. The molecule has 0 aliphatic carbocycles. The van der Waals surface area contributed by atoms with E-state index in [0.29, 0.717) is 30.3 Å². The molecule has 1 aromatic carbocycles. The van der Waals surface area contributed by atoms with Crippen molar-refractivity contribution < 1.29 is 9.21 Å². The van der Waals surface area contributed by atoms with Crippen LogP contribution in [0.2, 0.25) is 0 Å². The highest BCUT2D eigenvalue weighted by Crippen LogP contribution is 2.22. The van der Waals surface area contributed by atoms with Gasteiger partial charge in [0.15, 0.2) is 0 Å². The van der Waals surface area contributed by atoms with Crippen molar-refractivity contribution in [3.8, 4) is 11.5 Å². The van der Waals surface area contributed by atoms with E-state index in [4.69, 9.17) is 4.42 Å². The predicted octanol–water partition coefficient (Wildman–Crippen LogP) is 3.40. The van der Waals surface area contributed by atoms with E-state index in [9.17, 15) is 4.79 Å². The largest absolute Gasteiger partial charge is 0.421 e. The summed E-state index contributed by atoms with van der Waals surface area (Å²) >= 11 is 0. The molecule has 0 unspecified atom stereocenters. The van der Waals surface area contributed by atoms with Crippen LogP contribution in [-0.4, -0.2) is 27.6 Å². The fourth-order valence-corrected chi connectivity index (χ4v) is 2.47. The van der Waals surface area contributed by atoms with Gasteiger partial charge in [0.2, 0.25) is 11.8 Å². The molecule has 0 spiro atoms. The van der Waals surface area contributed by atoms with Gasteiger partial charge in [-0.2, -0.15) is 0 Å². The van der Waals surface area contributed by atoms with E-state index in [2.05, 4.69) is 41.3 Å². The Hall–Kier alpha value is -3.02. The lowest BCUT2D eigenvalue weighted by molar-refractivity contribution is 0.0953. The molecule has 0 saturated carbocycles. The molecule has 0 bridgehead atoms. The van der Waals surface area contributed by atoms with Gasteiger partial charge in [0.05, 0.1) is 5.56 Å². The van der Waals surface area contributed by atoms with E-state index in [1.807, 2.05) is 36.4 Å². The van der Waals surface area contributed by atoms with Crippen LogP contribution in [0.1, 0.15) is 42.6 Å². The van der Waals surface area contributed by atoms with Crippen LogP contribution < -0.4 is 5.32 Å². The molecule has 0 fully saturated rings. The van der Waals surface area contributed by atoms with Gasteiger partial charge in [-0.25, -0.2) is 0 Å². The molecule has 0 aliphatic rings. The van der Waals surface area contributed by atoms with Gasteiger partial charge in [0.25, 0.3) is 5.91 Å². The Morgan fingerprint density at radius 2 is 1.88 bits per heavy atom. The lowest BCUT2D eigenvalue weighted by Gasteiger charge is -2.19. The lowest BCUT2D eigenvalue weighted by Crippen LogP contribution is -2.25. The van der Waals surface area contributed by atoms with Crippen molar-refractivity contribution in [1.82, 2.24) is 20.5 Å². The molecule has 0 atom stereocenters. The zero-order chi connectivity index (χ0) is 18.6. The highest BCUT2D eigenvalue weighted by molar-refractivity contribution is 5.94. The van der Waals surface area contributed by atoms with Gasteiger partial charge in [-0.3, -0.25) is 9.78 Å². The Balaban J connectivity index is 1.53. The number of nitrogens with one attached hydrogen (secondary N) is 1. The molecule has 26 heavy (non-hydrogen) atoms. The summed E-state index contributed by atoms with van der Waals surface area (Å²) in [6, 6.07) is 11.4. The second kappa shape index (κ2) is 7.47. The Morgan fingerprint density at radius 1 is 1.12 bits per heavy atom. The van der Waals surface area contributed by atoms with Crippen LogP contribution in [0.3, 0.4) is 0 Å². The maximum atomic E-state index is 12.2. The molecule has 6 heteroatoms. The number of carbonyl (C=O) groups excluding carboxylic acids is 1. The standard InChI is InChI=1S/C20H22N4O2/c1-20(2,3)16-8-6-14(7-9-16)18(25)22-12-10-17-23-24-19(26-17)15-5-4-11-21-13-15/h4-9,11,13H,10,12H2,1-3H3,(H,22,25). The number of aromatic nitrogens is 3. The van der Waals surface area contributed by atoms with Crippen molar-refractivity contribution >= 4 is 5.91 Å². The number of benzene rings is 1. The zero-order valence-electron chi connectivity index (χ0n) is 15.2. The van der Waals surface area contributed by atoms with Crippen molar-refractivity contribution in [2.75, 3.05) is 6.54 Å². The van der Waals surface area contributed by atoms with Crippen molar-refractivity contribution in [3.63, 3.8) is 0 Å². The minimum Gasteiger partial charge on any atom is -0.421 e.